The second kappa shape index (κ2) is 6.52. The van der Waals surface area contributed by atoms with Crippen LogP contribution in [0.25, 0.3) is 0 Å². The van der Waals surface area contributed by atoms with Gasteiger partial charge in [-0.25, -0.2) is 0 Å². The summed E-state index contributed by atoms with van der Waals surface area (Å²) >= 11 is 0. The van der Waals surface area contributed by atoms with E-state index in [1.54, 1.807) is 0 Å². The van der Waals surface area contributed by atoms with Crippen molar-refractivity contribution in [3.05, 3.63) is 34.9 Å². The Morgan fingerprint density at radius 3 is 2.43 bits per heavy atom. The minimum absolute atomic E-state index is 0.696. The van der Waals surface area contributed by atoms with E-state index >= 15 is 0 Å². The number of hydrogen-bond acceptors (Lipinski definition) is 1. The standard InChI is InChI=1S/C20H31N/c1-4-7-21-20(19-12-16-5-6-18(19)11-16)13-17-9-14(2)8-15(3)10-17/h8-10,16,18-21H,4-7,11-13H2,1-3H3. The Labute approximate surface area is 130 Å². The van der Waals surface area contributed by atoms with Gasteiger partial charge in [0.05, 0.1) is 0 Å². The summed E-state index contributed by atoms with van der Waals surface area (Å²) in [6.07, 6.45) is 8.46. The lowest BCUT2D eigenvalue weighted by atomic mass is 9.80. The maximum Gasteiger partial charge on any atom is 0.0138 e. The van der Waals surface area contributed by atoms with Crippen LogP contribution in [0, 0.1) is 31.6 Å². The van der Waals surface area contributed by atoms with E-state index in [-0.39, 0.29) is 0 Å². The van der Waals surface area contributed by atoms with Gasteiger partial charge < -0.3 is 5.32 Å². The van der Waals surface area contributed by atoms with Crippen molar-refractivity contribution in [2.24, 2.45) is 17.8 Å². The maximum absolute atomic E-state index is 3.88. The highest BCUT2D eigenvalue weighted by Gasteiger charge is 2.42. The highest BCUT2D eigenvalue weighted by atomic mass is 14.9. The average Bonchev–Trinajstić information content (AvgIpc) is 3.05. The first kappa shape index (κ1) is 15.1. The third-order valence-electron chi connectivity index (χ3n) is 5.70. The van der Waals surface area contributed by atoms with Crippen LogP contribution in [-0.2, 0) is 6.42 Å². The molecule has 1 nitrogen and oxygen atoms in total. The van der Waals surface area contributed by atoms with E-state index in [1.807, 2.05) is 0 Å². The SMILES string of the molecule is CCCNC(Cc1cc(C)cc(C)c1)C1CC2CCC1C2. The zero-order chi connectivity index (χ0) is 14.8. The van der Waals surface area contributed by atoms with Crippen LogP contribution < -0.4 is 5.32 Å². The lowest BCUT2D eigenvalue weighted by Gasteiger charge is -2.31. The van der Waals surface area contributed by atoms with Gasteiger partial charge in [0.2, 0.25) is 0 Å². The van der Waals surface area contributed by atoms with Crippen LogP contribution in [0.3, 0.4) is 0 Å². The van der Waals surface area contributed by atoms with E-state index in [2.05, 4.69) is 44.3 Å². The molecule has 1 heteroatoms. The molecule has 1 aromatic carbocycles. The summed E-state index contributed by atoms with van der Waals surface area (Å²) in [5.41, 5.74) is 4.35. The Bertz CT molecular complexity index is 458. The summed E-state index contributed by atoms with van der Waals surface area (Å²) in [5.74, 6) is 2.98. The summed E-state index contributed by atoms with van der Waals surface area (Å²) in [7, 11) is 0. The molecule has 1 N–H and O–H groups in total. The van der Waals surface area contributed by atoms with E-state index < -0.39 is 0 Å². The van der Waals surface area contributed by atoms with Crippen LogP contribution in [0.2, 0.25) is 0 Å². The molecule has 2 aliphatic rings. The van der Waals surface area contributed by atoms with Gasteiger partial charge in [-0.05, 0) is 75.8 Å². The molecule has 0 amide bonds. The Hall–Kier alpha value is -0.820. The summed E-state index contributed by atoms with van der Waals surface area (Å²) in [6, 6.07) is 7.76. The van der Waals surface area contributed by atoms with Crippen molar-refractivity contribution >= 4 is 0 Å². The second-order valence-corrected chi connectivity index (χ2v) is 7.60. The molecule has 2 aliphatic carbocycles. The first-order valence-electron chi connectivity index (χ1n) is 8.96. The van der Waals surface area contributed by atoms with E-state index in [0.717, 1.165) is 17.8 Å². The van der Waals surface area contributed by atoms with Crippen molar-refractivity contribution in [2.75, 3.05) is 6.54 Å². The summed E-state index contributed by atoms with van der Waals surface area (Å²) in [6.45, 7) is 7.90. The molecule has 2 bridgehead atoms. The zero-order valence-electron chi connectivity index (χ0n) is 14.0. The molecule has 1 aromatic rings. The molecule has 0 heterocycles. The average molecular weight is 285 g/mol. The minimum Gasteiger partial charge on any atom is -0.313 e. The highest BCUT2D eigenvalue weighted by Crippen LogP contribution is 2.49. The van der Waals surface area contributed by atoms with E-state index in [4.69, 9.17) is 0 Å². The van der Waals surface area contributed by atoms with Crippen molar-refractivity contribution < 1.29 is 0 Å². The van der Waals surface area contributed by atoms with E-state index in [0.29, 0.717) is 6.04 Å². The fraction of sp³-hybridized carbons (Fsp3) is 0.700. The van der Waals surface area contributed by atoms with Crippen molar-refractivity contribution in [3.8, 4) is 0 Å². The molecule has 0 aliphatic heterocycles. The number of rotatable bonds is 6. The fourth-order valence-electron chi connectivity index (χ4n) is 4.93. The molecule has 0 spiro atoms. The largest absolute Gasteiger partial charge is 0.313 e. The Balaban J connectivity index is 1.72. The quantitative estimate of drug-likeness (QED) is 0.802. The molecule has 21 heavy (non-hydrogen) atoms. The predicted octanol–water partition coefficient (Wildman–Crippen LogP) is 4.65. The minimum atomic E-state index is 0.696. The van der Waals surface area contributed by atoms with Gasteiger partial charge in [0, 0.05) is 6.04 Å². The van der Waals surface area contributed by atoms with Crippen LogP contribution in [0.5, 0.6) is 0 Å². The molecule has 4 atom stereocenters. The lowest BCUT2D eigenvalue weighted by molar-refractivity contribution is 0.247. The number of nitrogens with one attached hydrogen (secondary N) is 1. The summed E-state index contributed by atoms with van der Waals surface area (Å²) in [5, 5.41) is 3.88. The van der Waals surface area contributed by atoms with Crippen LogP contribution in [0.1, 0.15) is 55.7 Å². The molecule has 4 unspecified atom stereocenters. The van der Waals surface area contributed by atoms with Gasteiger partial charge in [-0.2, -0.15) is 0 Å². The van der Waals surface area contributed by atoms with Gasteiger partial charge in [-0.3, -0.25) is 0 Å². The molecule has 3 rings (SSSR count). The molecule has 0 radical (unpaired) electrons. The van der Waals surface area contributed by atoms with Crippen molar-refractivity contribution in [2.45, 2.75) is 65.3 Å². The van der Waals surface area contributed by atoms with E-state index in [9.17, 15) is 0 Å². The van der Waals surface area contributed by atoms with Crippen LogP contribution in [-0.4, -0.2) is 12.6 Å². The molecular weight excluding hydrogens is 254 g/mol. The van der Waals surface area contributed by atoms with Crippen LogP contribution in [0.15, 0.2) is 18.2 Å². The molecular formula is C20H31N. The van der Waals surface area contributed by atoms with Crippen LogP contribution in [0.4, 0.5) is 0 Å². The zero-order valence-corrected chi connectivity index (χ0v) is 14.0. The smallest absolute Gasteiger partial charge is 0.0138 e. The number of hydrogen-bond donors (Lipinski definition) is 1. The van der Waals surface area contributed by atoms with E-state index in [1.165, 1.54) is 61.8 Å². The lowest BCUT2D eigenvalue weighted by Crippen LogP contribution is -2.40. The molecule has 0 aromatic heterocycles. The van der Waals surface area contributed by atoms with Gasteiger partial charge in [-0.1, -0.05) is 42.7 Å². The highest BCUT2D eigenvalue weighted by molar-refractivity contribution is 5.29. The van der Waals surface area contributed by atoms with Crippen molar-refractivity contribution in [1.29, 1.82) is 0 Å². The Morgan fingerprint density at radius 1 is 1.10 bits per heavy atom. The third kappa shape index (κ3) is 3.51. The summed E-state index contributed by atoms with van der Waals surface area (Å²) in [4.78, 5) is 0. The second-order valence-electron chi connectivity index (χ2n) is 7.60. The third-order valence-corrected chi connectivity index (χ3v) is 5.70. The van der Waals surface area contributed by atoms with Gasteiger partial charge in [0.1, 0.15) is 0 Å². The topological polar surface area (TPSA) is 12.0 Å². The Morgan fingerprint density at radius 2 is 1.86 bits per heavy atom. The van der Waals surface area contributed by atoms with Crippen LogP contribution >= 0.6 is 0 Å². The first-order chi connectivity index (χ1) is 10.2. The number of aryl methyl sites for hydroxylation is 2. The van der Waals surface area contributed by atoms with Gasteiger partial charge in [0.15, 0.2) is 0 Å². The molecule has 2 fully saturated rings. The first-order valence-corrected chi connectivity index (χ1v) is 8.96. The van der Waals surface area contributed by atoms with Gasteiger partial charge in [0.25, 0.3) is 0 Å². The predicted molar refractivity (Wildman–Crippen MR) is 90.6 cm³/mol. The van der Waals surface area contributed by atoms with Crippen molar-refractivity contribution in [1.82, 2.24) is 5.32 Å². The molecule has 2 saturated carbocycles. The summed E-state index contributed by atoms with van der Waals surface area (Å²) < 4.78 is 0. The number of fused-ring (bicyclic) bond motifs is 2. The molecule has 0 saturated heterocycles. The maximum atomic E-state index is 3.88. The van der Waals surface area contributed by atoms with Gasteiger partial charge in [-0.15, -0.1) is 0 Å². The number of benzene rings is 1. The fourth-order valence-corrected chi connectivity index (χ4v) is 4.93. The molecule has 116 valence electrons. The van der Waals surface area contributed by atoms with Crippen molar-refractivity contribution in [3.63, 3.8) is 0 Å². The normalized spacial score (nSPS) is 29.0. The van der Waals surface area contributed by atoms with Gasteiger partial charge >= 0.3 is 0 Å². The monoisotopic (exact) mass is 285 g/mol. The Kier molecular flexibility index (Phi) is 4.69.